The van der Waals surface area contributed by atoms with Crippen molar-refractivity contribution >= 4 is 29.3 Å². The monoisotopic (exact) mass is 456 g/mol. The molecule has 0 bridgehead atoms. The average molecular weight is 457 g/mol. The first-order chi connectivity index (χ1) is 16.1. The van der Waals surface area contributed by atoms with Gasteiger partial charge < -0.3 is 0 Å². The summed E-state index contributed by atoms with van der Waals surface area (Å²) < 4.78 is 14.5. The van der Waals surface area contributed by atoms with Crippen LogP contribution in [0.3, 0.4) is 0 Å². The molecular weight excluding hydrogens is 439 g/mol. The van der Waals surface area contributed by atoms with Gasteiger partial charge in [-0.1, -0.05) is 35.9 Å². The lowest BCUT2D eigenvalue weighted by molar-refractivity contribution is 0.0992. The molecule has 2 aromatic heterocycles. The van der Waals surface area contributed by atoms with Crippen LogP contribution >= 0.6 is 11.6 Å². The van der Waals surface area contributed by atoms with Gasteiger partial charge in [0.05, 0.1) is 11.4 Å². The number of aliphatic imine (C=N–C) groups is 1. The summed E-state index contributed by atoms with van der Waals surface area (Å²) in [5, 5.41) is 0.471. The number of hydrogen-bond donors (Lipinski definition) is 0. The normalized spacial score (nSPS) is 12.1. The zero-order chi connectivity index (χ0) is 22.8. The predicted octanol–water partition coefficient (Wildman–Crippen LogP) is 5.61. The van der Waals surface area contributed by atoms with E-state index in [4.69, 9.17) is 11.6 Å². The molecule has 1 aliphatic rings. The van der Waals surface area contributed by atoms with Crippen LogP contribution in [0.15, 0.2) is 72.1 Å². The molecular formula is C26H18ClFN4O. The first kappa shape index (κ1) is 21.1. The Morgan fingerprint density at radius 3 is 2.82 bits per heavy atom. The third-order valence-corrected chi connectivity index (χ3v) is 5.76. The molecule has 0 spiro atoms. The Balaban J connectivity index is 1.44. The highest BCUT2D eigenvalue weighted by Crippen LogP contribution is 2.34. The number of rotatable bonds is 6. The van der Waals surface area contributed by atoms with Gasteiger partial charge in [-0.05, 0) is 41.5 Å². The fraction of sp³-hybridized carbons (Fsp3) is 0.115. The Bertz CT molecular complexity index is 1400. The van der Waals surface area contributed by atoms with Gasteiger partial charge in [-0.25, -0.2) is 14.4 Å². The van der Waals surface area contributed by atoms with Crippen LogP contribution in [-0.2, 0) is 19.3 Å². The quantitative estimate of drug-likeness (QED) is 0.354. The highest BCUT2D eigenvalue weighted by molar-refractivity contribution is 6.31. The summed E-state index contributed by atoms with van der Waals surface area (Å²) in [6.07, 6.45) is 6.17. The minimum absolute atomic E-state index is 0.0524. The number of ketones is 1. The second-order valence-electron chi connectivity index (χ2n) is 7.74. The van der Waals surface area contributed by atoms with Gasteiger partial charge in [0.2, 0.25) is 0 Å². The zero-order valence-corrected chi connectivity index (χ0v) is 18.3. The van der Waals surface area contributed by atoms with Crippen LogP contribution in [0.2, 0.25) is 5.02 Å². The van der Waals surface area contributed by atoms with E-state index in [1.54, 1.807) is 42.6 Å². The van der Waals surface area contributed by atoms with E-state index in [0.29, 0.717) is 29.0 Å². The van der Waals surface area contributed by atoms with Crippen LogP contribution in [0.1, 0.15) is 32.9 Å². The van der Waals surface area contributed by atoms with Gasteiger partial charge in [-0.2, -0.15) is 0 Å². The van der Waals surface area contributed by atoms with Gasteiger partial charge in [0.15, 0.2) is 5.78 Å². The van der Waals surface area contributed by atoms with Crippen molar-refractivity contribution in [1.82, 2.24) is 15.0 Å². The number of halogens is 2. The van der Waals surface area contributed by atoms with E-state index in [0.717, 1.165) is 33.9 Å². The maximum absolute atomic E-state index is 14.5. The fourth-order valence-electron chi connectivity index (χ4n) is 3.92. The Morgan fingerprint density at radius 2 is 1.94 bits per heavy atom. The largest absolute Gasteiger partial charge is 0.294 e. The number of pyridine rings is 1. The van der Waals surface area contributed by atoms with Crippen LogP contribution in [0.5, 0.6) is 0 Å². The summed E-state index contributed by atoms with van der Waals surface area (Å²) in [5.74, 6) is -0.611. The van der Waals surface area contributed by atoms with Crippen molar-refractivity contribution in [3.05, 3.63) is 106 Å². The van der Waals surface area contributed by atoms with Crippen LogP contribution in [0, 0.1) is 5.82 Å². The number of benzene rings is 2. The van der Waals surface area contributed by atoms with E-state index >= 15 is 0 Å². The molecule has 1 aliphatic heterocycles. The number of nitrogens with zero attached hydrogens (tertiary/aromatic N) is 4. The van der Waals surface area contributed by atoms with Crippen molar-refractivity contribution in [2.75, 3.05) is 0 Å². The number of fused-ring (bicyclic) bond motifs is 1. The molecule has 0 radical (unpaired) electrons. The van der Waals surface area contributed by atoms with Crippen molar-refractivity contribution in [1.29, 1.82) is 0 Å². The van der Waals surface area contributed by atoms with Crippen LogP contribution < -0.4 is 0 Å². The molecule has 0 saturated carbocycles. The van der Waals surface area contributed by atoms with E-state index in [-0.39, 0.29) is 12.2 Å². The maximum Gasteiger partial charge on any atom is 0.167 e. The Hall–Kier alpha value is -3.77. The summed E-state index contributed by atoms with van der Waals surface area (Å²) in [5.41, 5.74) is 5.67. The zero-order valence-electron chi connectivity index (χ0n) is 17.5. The molecule has 7 heteroatoms. The minimum Gasteiger partial charge on any atom is -0.294 e. The lowest BCUT2D eigenvalue weighted by Crippen LogP contribution is -2.06. The van der Waals surface area contributed by atoms with Crippen molar-refractivity contribution in [3.63, 3.8) is 0 Å². The average Bonchev–Trinajstić information content (AvgIpc) is 3.31. The van der Waals surface area contributed by atoms with E-state index in [1.807, 2.05) is 18.3 Å². The predicted molar refractivity (Wildman–Crippen MR) is 126 cm³/mol. The number of carbonyl (C=O) groups is 1. The molecule has 0 fully saturated rings. The smallest absolute Gasteiger partial charge is 0.167 e. The maximum atomic E-state index is 14.5. The summed E-state index contributed by atoms with van der Waals surface area (Å²) >= 11 is 5.99. The second kappa shape index (κ2) is 9.00. The summed E-state index contributed by atoms with van der Waals surface area (Å²) in [4.78, 5) is 30.4. The first-order valence-electron chi connectivity index (χ1n) is 10.5. The van der Waals surface area contributed by atoms with E-state index in [1.165, 1.54) is 12.4 Å². The molecule has 0 atom stereocenters. The summed E-state index contributed by atoms with van der Waals surface area (Å²) in [6, 6.07) is 15.3. The molecule has 4 aromatic rings. The fourth-order valence-corrected chi connectivity index (χ4v) is 4.11. The molecule has 0 N–H and O–H groups in total. The summed E-state index contributed by atoms with van der Waals surface area (Å²) in [7, 11) is 0. The second-order valence-corrected chi connectivity index (χ2v) is 8.18. The van der Waals surface area contributed by atoms with Gasteiger partial charge in [0.25, 0.3) is 0 Å². The minimum atomic E-state index is -0.418. The van der Waals surface area contributed by atoms with Crippen LogP contribution in [-0.4, -0.2) is 26.9 Å². The Morgan fingerprint density at radius 1 is 1.03 bits per heavy atom. The highest BCUT2D eigenvalue weighted by Gasteiger charge is 2.19. The molecule has 0 unspecified atom stereocenters. The van der Waals surface area contributed by atoms with Gasteiger partial charge in [0, 0.05) is 47.8 Å². The van der Waals surface area contributed by atoms with Crippen molar-refractivity contribution in [3.8, 4) is 11.3 Å². The van der Waals surface area contributed by atoms with Crippen LogP contribution in [0.25, 0.3) is 11.3 Å². The van der Waals surface area contributed by atoms with E-state index in [2.05, 4.69) is 19.9 Å². The SMILES string of the molecule is O=C(Cc1cc(Cc2ncccc2-c2ncnc3c2N=CC3)ccc1F)c1cccc(Cl)c1. The highest BCUT2D eigenvalue weighted by atomic mass is 35.5. The molecule has 5 nitrogen and oxygen atoms in total. The Kier molecular flexibility index (Phi) is 5.75. The molecule has 5 rings (SSSR count). The molecule has 3 heterocycles. The van der Waals surface area contributed by atoms with Crippen molar-refractivity contribution in [2.24, 2.45) is 4.99 Å². The third-order valence-electron chi connectivity index (χ3n) is 5.53. The lowest BCUT2D eigenvalue weighted by atomic mass is 9.97. The van der Waals surface area contributed by atoms with E-state index < -0.39 is 5.82 Å². The third kappa shape index (κ3) is 4.43. The van der Waals surface area contributed by atoms with Crippen LogP contribution in [0.4, 0.5) is 10.1 Å². The molecule has 33 heavy (non-hydrogen) atoms. The standard InChI is InChI=1S/C26H18ClFN4O/c27-19-4-1-3-17(13-19)24(33)14-18-11-16(6-7-21(18)28)12-23-20(5-2-9-29-23)25-26-22(8-10-30-26)31-15-32-25/h1-7,9-11,13,15H,8,12,14H2. The van der Waals surface area contributed by atoms with Gasteiger partial charge >= 0.3 is 0 Å². The molecule has 0 amide bonds. The van der Waals surface area contributed by atoms with Gasteiger partial charge in [-0.15, -0.1) is 0 Å². The number of Topliss-reactive ketones (excluding diaryl/α,β-unsaturated/α-hetero) is 1. The number of aromatic nitrogens is 3. The molecule has 162 valence electrons. The number of hydrogen-bond acceptors (Lipinski definition) is 5. The Labute approximate surface area is 195 Å². The first-order valence-corrected chi connectivity index (χ1v) is 10.8. The van der Waals surface area contributed by atoms with Crippen molar-refractivity contribution in [2.45, 2.75) is 19.3 Å². The molecule has 0 saturated heterocycles. The lowest BCUT2D eigenvalue weighted by Gasteiger charge is -2.11. The van der Waals surface area contributed by atoms with Gasteiger partial charge in [-0.3, -0.25) is 14.8 Å². The van der Waals surface area contributed by atoms with Gasteiger partial charge in [0.1, 0.15) is 23.5 Å². The number of carbonyl (C=O) groups excluding carboxylic acids is 1. The van der Waals surface area contributed by atoms with Crippen molar-refractivity contribution < 1.29 is 9.18 Å². The summed E-state index contributed by atoms with van der Waals surface area (Å²) in [6.45, 7) is 0. The topological polar surface area (TPSA) is 68.1 Å². The van der Waals surface area contributed by atoms with E-state index in [9.17, 15) is 9.18 Å². The molecule has 0 aliphatic carbocycles. The molecule has 2 aromatic carbocycles.